The van der Waals surface area contributed by atoms with Crippen molar-refractivity contribution in [3.05, 3.63) is 29.8 Å². The largest absolute Gasteiger partial charge is 0.369 e. The quantitative estimate of drug-likeness (QED) is 0.898. The van der Waals surface area contributed by atoms with Gasteiger partial charge in [-0.05, 0) is 43.9 Å². The highest BCUT2D eigenvalue weighted by Crippen LogP contribution is 2.24. The normalized spacial score (nSPS) is 23.8. The average molecular weight is 343 g/mol. The summed E-state index contributed by atoms with van der Waals surface area (Å²) >= 11 is 0. The molecule has 0 radical (unpaired) electrons. The molecule has 1 aromatic carbocycles. The van der Waals surface area contributed by atoms with E-state index in [2.05, 4.69) is 0 Å². The molecule has 2 aliphatic rings. The lowest BCUT2D eigenvalue weighted by atomic mass is 9.92. The van der Waals surface area contributed by atoms with Crippen LogP contribution in [0.25, 0.3) is 0 Å². The van der Waals surface area contributed by atoms with Gasteiger partial charge in [-0.1, -0.05) is 12.1 Å². The maximum Gasteiger partial charge on any atom is 0.227 e. The molecule has 2 aliphatic heterocycles. The summed E-state index contributed by atoms with van der Waals surface area (Å²) in [4.78, 5) is 39.4. The molecule has 134 valence electrons. The van der Waals surface area contributed by atoms with Gasteiger partial charge in [-0.3, -0.25) is 14.4 Å². The second-order valence-corrected chi connectivity index (χ2v) is 7.06. The molecule has 0 spiro atoms. The summed E-state index contributed by atoms with van der Waals surface area (Å²) in [6.07, 6.45) is 3.35. The van der Waals surface area contributed by atoms with E-state index in [1.807, 2.05) is 31.2 Å². The van der Waals surface area contributed by atoms with E-state index in [0.717, 1.165) is 37.1 Å². The zero-order chi connectivity index (χ0) is 18.0. The molecule has 0 unspecified atom stereocenters. The van der Waals surface area contributed by atoms with Crippen molar-refractivity contribution >= 4 is 23.4 Å². The van der Waals surface area contributed by atoms with Gasteiger partial charge < -0.3 is 15.5 Å². The predicted molar refractivity (Wildman–Crippen MR) is 94.8 cm³/mol. The van der Waals surface area contributed by atoms with Crippen LogP contribution in [0, 0.1) is 5.92 Å². The second-order valence-electron chi connectivity index (χ2n) is 7.06. The first kappa shape index (κ1) is 17.5. The van der Waals surface area contributed by atoms with Gasteiger partial charge in [-0.15, -0.1) is 0 Å². The van der Waals surface area contributed by atoms with Crippen LogP contribution in [-0.4, -0.2) is 41.8 Å². The van der Waals surface area contributed by atoms with E-state index in [0.29, 0.717) is 19.4 Å². The number of benzene rings is 1. The van der Waals surface area contributed by atoms with Crippen molar-refractivity contribution in [2.24, 2.45) is 11.7 Å². The number of nitrogens with zero attached hydrogens (tertiary/aromatic N) is 2. The van der Waals surface area contributed by atoms with Crippen molar-refractivity contribution in [3.63, 3.8) is 0 Å². The number of hydrogen-bond acceptors (Lipinski definition) is 3. The summed E-state index contributed by atoms with van der Waals surface area (Å²) in [5, 5.41) is 0. The first-order valence-corrected chi connectivity index (χ1v) is 8.94. The number of piperidine rings is 1. The Labute approximate surface area is 148 Å². The fourth-order valence-corrected chi connectivity index (χ4v) is 3.68. The highest BCUT2D eigenvalue weighted by atomic mass is 16.2. The number of primary amides is 1. The van der Waals surface area contributed by atoms with Gasteiger partial charge in [-0.2, -0.15) is 0 Å². The van der Waals surface area contributed by atoms with E-state index < -0.39 is 0 Å². The molecule has 3 rings (SSSR count). The molecule has 3 amide bonds. The predicted octanol–water partition coefficient (Wildman–Crippen LogP) is 1.47. The Morgan fingerprint density at radius 2 is 1.92 bits per heavy atom. The SMILES string of the molecule is C[C@@H]1CC[C@@H](C(N)=O)CN1C(=O)Cc1ccc(N2CCCC2=O)cc1. The Morgan fingerprint density at radius 1 is 1.20 bits per heavy atom. The molecule has 6 nitrogen and oxygen atoms in total. The van der Waals surface area contributed by atoms with E-state index in [1.165, 1.54) is 0 Å². The lowest BCUT2D eigenvalue weighted by molar-refractivity contribution is -0.137. The molecule has 0 saturated carbocycles. The van der Waals surface area contributed by atoms with Crippen LogP contribution in [-0.2, 0) is 20.8 Å². The molecule has 2 atom stereocenters. The molecular formula is C19H25N3O3. The molecule has 2 saturated heterocycles. The Bertz CT molecular complexity index is 671. The highest BCUT2D eigenvalue weighted by molar-refractivity contribution is 5.95. The molecule has 0 aromatic heterocycles. The second kappa shape index (κ2) is 7.25. The molecule has 1 aromatic rings. The fraction of sp³-hybridized carbons (Fsp3) is 0.526. The van der Waals surface area contributed by atoms with Crippen molar-refractivity contribution in [2.75, 3.05) is 18.0 Å². The van der Waals surface area contributed by atoms with Gasteiger partial charge in [0.1, 0.15) is 0 Å². The third kappa shape index (κ3) is 3.83. The molecular weight excluding hydrogens is 318 g/mol. The van der Waals surface area contributed by atoms with E-state index in [9.17, 15) is 14.4 Å². The molecule has 2 heterocycles. The van der Waals surface area contributed by atoms with Gasteiger partial charge >= 0.3 is 0 Å². The molecule has 25 heavy (non-hydrogen) atoms. The summed E-state index contributed by atoms with van der Waals surface area (Å²) in [6, 6.07) is 7.73. The molecule has 2 N–H and O–H groups in total. The topological polar surface area (TPSA) is 83.7 Å². The highest BCUT2D eigenvalue weighted by Gasteiger charge is 2.31. The maximum atomic E-state index is 12.6. The first-order valence-electron chi connectivity index (χ1n) is 8.94. The standard InChI is InChI=1S/C19H25N3O3/c1-13-4-7-15(19(20)25)12-22(13)18(24)11-14-5-8-16(9-6-14)21-10-2-3-17(21)23/h5-6,8-9,13,15H,2-4,7,10-12H2,1H3,(H2,20,25)/t13-,15-/m1/s1. The van der Waals surface area contributed by atoms with Gasteiger partial charge in [0.25, 0.3) is 0 Å². The van der Waals surface area contributed by atoms with Gasteiger partial charge in [0.05, 0.1) is 12.3 Å². The van der Waals surface area contributed by atoms with Crippen molar-refractivity contribution in [1.29, 1.82) is 0 Å². The van der Waals surface area contributed by atoms with Gasteiger partial charge in [-0.25, -0.2) is 0 Å². The number of carbonyl (C=O) groups excluding carboxylic acids is 3. The monoisotopic (exact) mass is 343 g/mol. The van der Waals surface area contributed by atoms with Crippen molar-refractivity contribution in [1.82, 2.24) is 4.90 Å². The smallest absolute Gasteiger partial charge is 0.227 e. The van der Waals surface area contributed by atoms with Crippen molar-refractivity contribution in [2.45, 2.75) is 45.1 Å². The molecule has 0 bridgehead atoms. The lowest BCUT2D eigenvalue weighted by Crippen LogP contribution is -2.49. The summed E-state index contributed by atoms with van der Waals surface area (Å²) in [5.74, 6) is -0.403. The number of nitrogens with two attached hydrogens (primary N) is 1. The van der Waals surface area contributed by atoms with E-state index in [-0.39, 0.29) is 29.7 Å². The van der Waals surface area contributed by atoms with Crippen LogP contribution in [0.15, 0.2) is 24.3 Å². The van der Waals surface area contributed by atoms with Crippen LogP contribution in [0.3, 0.4) is 0 Å². The fourth-order valence-electron chi connectivity index (χ4n) is 3.68. The molecule has 2 fully saturated rings. The van der Waals surface area contributed by atoms with Crippen molar-refractivity contribution in [3.8, 4) is 0 Å². The third-order valence-electron chi connectivity index (χ3n) is 5.28. The maximum absolute atomic E-state index is 12.6. The number of likely N-dealkylation sites (tertiary alicyclic amines) is 1. The Kier molecular flexibility index (Phi) is 5.06. The van der Waals surface area contributed by atoms with Crippen molar-refractivity contribution < 1.29 is 14.4 Å². The van der Waals surface area contributed by atoms with Gasteiger partial charge in [0.2, 0.25) is 17.7 Å². The average Bonchev–Trinajstić information content (AvgIpc) is 3.01. The Balaban J connectivity index is 1.64. The van der Waals surface area contributed by atoms with E-state index >= 15 is 0 Å². The number of carbonyl (C=O) groups is 3. The number of anilines is 1. The van der Waals surface area contributed by atoms with E-state index in [1.54, 1.807) is 9.80 Å². The first-order chi connectivity index (χ1) is 12.0. The van der Waals surface area contributed by atoms with Crippen LogP contribution in [0.2, 0.25) is 0 Å². The summed E-state index contributed by atoms with van der Waals surface area (Å²) in [6.45, 7) is 3.18. The minimum Gasteiger partial charge on any atom is -0.369 e. The number of amides is 3. The zero-order valence-electron chi connectivity index (χ0n) is 14.6. The minimum atomic E-state index is -0.329. The summed E-state index contributed by atoms with van der Waals surface area (Å²) in [7, 11) is 0. The summed E-state index contributed by atoms with van der Waals surface area (Å²) in [5.41, 5.74) is 7.20. The van der Waals surface area contributed by atoms with Crippen LogP contribution in [0.1, 0.15) is 38.2 Å². The molecule has 0 aliphatic carbocycles. The lowest BCUT2D eigenvalue weighted by Gasteiger charge is -2.37. The minimum absolute atomic E-state index is 0.0171. The van der Waals surface area contributed by atoms with Gasteiger partial charge in [0, 0.05) is 31.2 Å². The summed E-state index contributed by atoms with van der Waals surface area (Å²) < 4.78 is 0. The van der Waals surface area contributed by atoms with Crippen LogP contribution < -0.4 is 10.6 Å². The van der Waals surface area contributed by atoms with Crippen LogP contribution in [0.4, 0.5) is 5.69 Å². The third-order valence-corrected chi connectivity index (χ3v) is 5.28. The zero-order valence-corrected chi connectivity index (χ0v) is 14.6. The Morgan fingerprint density at radius 3 is 2.52 bits per heavy atom. The van der Waals surface area contributed by atoms with Crippen LogP contribution in [0.5, 0.6) is 0 Å². The van der Waals surface area contributed by atoms with E-state index in [4.69, 9.17) is 5.73 Å². The molecule has 6 heteroatoms. The number of hydrogen-bond donors (Lipinski definition) is 1. The Hall–Kier alpha value is -2.37. The van der Waals surface area contributed by atoms with Gasteiger partial charge in [0.15, 0.2) is 0 Å². The number of rotatable bonds is 4. The van der Waals surface area contributed by atoms with Crippen LogP contribution >= 0.6 is 0 Å².